The molecule has 1 heterocycles. The maximum absolute atomic E-state index is 2.33. The Morgan fingerprint density at radius 3 is 2.00 bits per heavy atom. The van der Waals surface area contributed by atoms with Gasteiger partial charge in [0.1, 0.15) is 6.71 Å². The lowest BCUT2D eigenvalue weighted by atomic mass is 9.43. The minimum atomic E-state index is 1.08. The maximum atomic E-state index is 2.33. The topological polar surface area (TPSA) is 0 Å². The molecule has 1 rings (SSSR count). The van der Waals surface area contributed by atoms with E-state index in [9.17, 15) is 0 Å². The summed E-state index contributed by atoms with van der Waals surface area (Å²) in [5.74, 6) is 0. The quantitative estimate of drug-likeness (QED) is 0.471. The minimum absolute atomic E-state index is 1.08. The fourth-order valence-electron chi connectivity index (χ4n) is 1.77. The van der Waals surface area contributed by atoms with Crippen LogP contribution in [-0.4, -0.2) is 6.71 Å². The van der Waals surface area contributed by atoms with E-state index in [0.717, 1.165) is 6.71 Å². The van der Waals surface area contributed by atoms with Crippen molar-refractivity contribution < 1.29 is 0 Å². The molecule has 1 heteroatoms. The third kappa shape index (κ3) is 2.42. The van der Waals surface area contributed by atoms with Crippen molar-refractivity contribution >= 4 is 6.71 Å². The molecule has 0 bridgehead atoms. The van der Waals surface area contributed by atoms with Crippen molar-refractivity contribution in [2.45, 2.75) is 51.6 Å². The molecule has 0 saturated carbocycles. The second kappa shape index (κ2) is 3.97. The lowest BCUT2D eigenvalue weighted by molar-refractivity contribution is 0.720. The highest BCUT2D eigenvalue weighted by Gasteiger charge is 2.12. The Morgan fingerprint density at radius 2 is 1.56 bits per heavy atom. The Labute approximate surface area is 59.1 Å². The Bertz CT molecular complexity index is 63.0. The summed E-state index contributed by atoms with van der Waals surface area (Å²) in [6, 6.07) is 0. The van der Waals surface area contributed by atoms with Crippen molar-refractivity contribution in [1.29, 1.82) is 0 Å². The third-order valence-electron chi connectivity index (χ3n) is 2.55. The first-order valence-corrected chi connectivity index (χ1v) is 4.43. The largest absolute Gasteiger partial charge is 0.139 e. The van der Waals surface area contributed by atoms with E-state index in [0.29, 0.717) is 0 Å². The molecule has 0 aromatic rings. The van der Waals surface area contributed by atoms with Gasteiger partial charge in [0.25, 0.3) is 0 Å². The van der Waals surface area contributed by atoms with Crippen molar-refractivity contribution in [3.8, 4) is 0 Å². The van der Waals surface area contributed by atoms with Crippen LogP contribution in [0.25, 0.3) is 0 Å². The van der Waals surface area contributed by atoms with Crippen LogP contribution in [0, 0.1) is 0 Å². The second-order valence-corrected chi connectivity index (χ2v) is 3.27. The van der Waals surface area contributed by atoms with Gasteiger partial charge in [-0.1, -0.05) is 51.6 Å². The molecule has 0 atom stereocenters. The minimum Gasteiger partial charge on any atom is -0.0770 e. The summed E-state index contributed by atoms with van der Waals surface area (Å²) in [5, 5.41) is 0. The van der Waals surface area contributed by atoms with E-state index in [-0.39, 0.29) is 0 Å². The first-order chi connectivity index (χ1) is 4.43. The predicted octanol–water partition coefficient (Wildman–Crippen LogP) is 3.08. The van der Waals surface area contributed by atoms with Crippen LogP contribution in [0.15, 0.2) is 0 Å². The number of rotatable bonds is 1. The second-order valence-electron chi connectivity index (χ2n) is 3.27. The molecule has 0 amide bonds. The van der Waals surface area contributed by atoms with Crippen LogP contribution in [0.2, 0.25) is 19.0 Å². The maximum Gasteiger partial charge on any atom is 0.139 e. The number of hydrogen-bond donors (Lipinski definition) is 0. The van der Waals surface area contributed by atoms with Crippen molar-refractivity contribution in [2.24, 2.45) is 0 Å². The molecular formula is C8H17B. The first-order valence-electron chi connectivity index (χ1n) is 4.43. The molecule has 0 nitrogen and oxygen atoms in total. The van der Waals surface area contributed by atoms with Crippen molar-refractivity contribution in [3.05, 3.63) is 0 Å². The molecule has 52 valence electrons. The molecule has 0 aromatic carbocycles. The zero-order chi connectivity index (χ0) is 6.53. The van der Waals surface area contributed by atoms with Gasteiger partial charge in [0, 0.05) is 0 Å². The summed E-state index contributed by atoms with van der Waals surface area (Å²) >= 11 is 0. The monoisotopic (exact) mass is 124 g/mol. The summed E-state index contributed by atoms with van der Waals surface area (Å²) in [6.07, 6.45) is 10.4. The highest BCUT2D eigenvalue weighted by molar-refractivity contribution is 6.58. The van der Waals surface area contributed by atoms with Gasteiger partial charge in [-0.2, -0.15) is 0 Å². The standard InChI is InChI=1S/C8H17B/c1-2-9-7-5-3-4-6-8-9/h2-8H2,1H3. The smallest absolute Gasteiger partial charge is 0.0770 e. The summed E-state index contributed by atoms with van der Waals surface area (Å²) < 4.78 is 0. The molecule has 0 aliphatic carbocycles. The molecule has 1 saturated heterocycles. The molecule has 0 aromatic heterocycles. The Balaban J connectivity index is 2.18. The number of hydrogen-bond acceptors (Lipinski definition) is 0. The van der Waals surface area contributed by atoms with Crippen LogP contribution >= 0.6 is 0 Å². The Hall–Kier alpha value is 0.0649. The van der Waals surface area contributed by atoms with Gasteiger partial charge in [0.2, 0.25) is 0 Å². The van der Waals surface area contributed by atoms with Gasteiger partial charge >= 0.3 is 0 Å². The lowest BCUT2D eigenvalue weighted by Crippen LogP contribution is -2.07. The first kappa shape index (κ1) is 7.18. The molecule has 9 heavy (non-hydrogen) atoms. The highest BCUT2D eigenvalue weighted by Crippen LogP contribution is 2.19. The van der Waals surface area contributed by atoms with Crippen LogP contribution < -0.4 is 0 Å². The van der Waals surface area contributed by atoms with E-state index in [1.54, 1.807) is 0 Å². The Kier molecular flexibility index (Phi) is 3.17. The van der Waals surface area contributed by atoms with Crippen LogP contribution in [0.3, 0.4) is 0 Å². The van der Waals surface area contributed by atoms with Crippen LogP contribution in [-0.2, 0) is 0 Å². The van der Waals surface area contributed by atoms with Crippen molar-refractivity contribution in [2.75, 3.05) is 0 Å². The van der Waals surface area contributed by atoms with Gasteiger partial charge in [-0.25, -0.2) is 0 Å². The molecule has 0 N–H and O–H groups in total. The average molecular weight is 124 g/mol. The zero-order valence-corrected chi connectivity index (χ0v) is 6.53. The summed E-state index contributed by atoms with van der Waals surface area (Å²) in [4.78, 5) is 0. The molecule has 0 radical (unpaired) electrons. The van der Waals surface area contributed by atoms with Crippen LogP contribution in [0.1, 0.15) is 32.6 Å². The van der Waals surface area contributed by atoms with Gasteiger partial charge in [0.15, 0.2) is 0 Å². The van der Waals surface area contributed by atoms with Crippen molar-refractivity contribution in [3.63, 3.8) is 0 Å². The zero-order valence-electron chi connectivity index (χ0n) is 6.53. The Morgan fingerprint density at radius 1 is 1.00 bits per heavy atom. The predicted molar refractivity (Wildman–Crippen MR) is 44.3 cm³/mol. The van der Waals surface area contributed by atoms with E-state index >= 15 is 0 Å². The van der Waals surface area contributed by atoms with Gasteiger partial charge in [-0.3, -0.25) is 0 Å². The van der Waals surface area contributed by atoms with Gasteiger partial charge in [-0.05, 0) is 0 Å². The SMILES string of the molecule is CCB1CCCCCC1. The summed E-state index contributed by atoms with van der Waals surface area (Å²) in [7, 11) is 0. The van der Waals surface area contributed by atoms with E-state index in [2.05, 4.69) is 6.92 Å². The fourth-order valence-corrected chi connectivity index (χ4v) is 1.77. The normalized spacial score (nSPS) is 21.7. The summed E-state index contributed by atoms with van der Waals surface area (Å²) in [5.41, 5.74) is 0. The molecule has 0 spiro atoms. The van der Waals surface area contributed by atoms with E-state index in [4.69, 9.17) is 0 Å². The van der Waals surface area contributed by atoms with Gasteiger partial charge < -0.3 is 0 Å². The van der Waals surface area contributed by atoms with E-state index in [1.165, 1.54) is 44.6 Å². The lowest BCUT2D eigenvalue weighted by Gasteiger charge is -2.03. The molecule has 0 unspecified atom stereocenters. The van der Waals surface area contributed by atoms with Crippen molar-refractivity contribution in [1.82, 2.24) is 0 Å². The summed E-state index contributed by atoms with van der Waals surface area (Å²) in [6.45, 7) is 3.41. The molecule has 1 fully saturated rings. The van der Waals surface area contributed by atoms with Crippen LogP contribution in [0.4, 0.5) is 0 Å². The highest BCUT2D eigenvalue weighted by atomic mass is 14.0. The molecule has 1 aliphatic heterocycles. The molecule has 1 aliphatic rings. The van der Waals surface area contributed by atoms with E-state index < -0.39 is 0 Å². The van der Waals surface area contributed by atoms with Crippen LogP contribution in [0.5, 0.6) is 0 Å². The third-order valence-corrected chi connectivity index (χ3v) is 2.55. The van der Waals surface area contributed by atoms with Gasteiger partial charge in [0.05, 0.1) is 0 Å². The van der Waals surface area contributed by atoms with E-state index in [1.807, 2.05) is 0 Å². The molecular weight excluding hydrogens is 107 g/mol. The van der Waals surface area contributed by atoms with Gasteiger partial charge in [-0.15, -0.1) is 0 Å². The fraction of sp³-hybridized carbons (Fsp3) is 1.00. The average Bonchev–Trinajstić information content (AvgIpc) is 2.13.